The van der Waals surface area contributed by atoms with E-state index >= 15 is 0 Å². The van der Waals surface area contributed by atoms with Gasteiger partial charge < -0.3 is 0 Å². The maximum atomic E-state index is 10.2. The van der Waals surface area contributed by atoms with E-state index in [9.17, 15) is 7.38 Å². The van der Waals surface area contributed by atoms with Gasteiger partial charge in [0.05, 0.1) is 0 Å². The van der Waals surface area contributed by atoms with Crippen molar-refractivity contribution in [3.63, 3.8) is 0 Å². The second kappa shape index (κ2) is 15.7. The van der Waals surface area contributed by atoms with Gasteiger partial charge in [-0.3, -0.25) is 0 Å². The van der Waals surface area contributed by atoms with Crippen molar-refractivity contribution in [2.45, 2.75) is 79.1 Å². The average molecular weight is 418 g/mol. The Hall–Kier alpha value is 0.651. The summed E-state index contributed by atoms with van der Waals surface area (Å²) in [6, 6.07) is 0. The van der Waals surface area contributed by atoms with Crippen LogP contribution in [0.4, 0.5) is 0 Å². The van der Waals surface area contributed by atoms with Crippen molar-refractivity contribution >= 4 is 9.05 Å². The van der Waals surface area contributed by atoms with Crippen LogP contribution in [0.1, 0.15) is 79.1 Å². The SMILES string of the molecule is CCCCO[Si](OCCCC)(OCCCC)[O][Ti]([OH])([OH])[O]CCCC. The predicted molar refractivity (Wildman–Crippen MR) is 94.7 cm³/mol. The Balaban J connectivity index is 5.01. The van der Waals surface area contributed by atoms with Gasteiger partial charge in [0, 0.05) is 0 Å². The topological polar surface area (TPSA) is 86.6 Å². The van der Waals surface area contributed by atoms with Crippen LogP contribution in [0.15, 0.2) is 0 Å². The van der Waals surface area contributed by atoms with Crippen LogP contribution in [-0.2, 0) is 37.7 Å². The van der Waals surface area contributed by atoms with Gasteiger partial charge in [0.25, 0.3) is 0 Å². The Morgan fingerprint density at radius 2 is 1.00 bits per heavy atom. The zero-order valence-electron chi connectivity index (χ0n) is 16.4. The van der Waals surface area contributed by atoms with Crippen LogP contribution in [0.2, 0.25) is 0 Å². The Bertz CT molecular complexity index is 282. The number of hydrogen-bond acceptors (Lipinski definition) is 7. The molecule has 2 N–H and O–H groups in total. The maximum absolute atomic E-state index is 10.2. The van der Waals surface area contributed by atoms with Crippen molar-refractivity contribution in [3.05, 3.63) is 0 Å². The second-order valence-electron chi connectivity index (χ2n) is 5.96. The fourth-order valence-electron chi connectivity index (χ4n) is 1.78. The van der Waals surface area contributed by atoms with Gasteiger partial charge >= 0.3 is 160 Å². The van der Waals surface area contributed by atoms with Crippen molar-refractivity contribution in [3.8, 4) is 0 Å². The summed E-state index contributed by atoms with van der Waals surface area (Å²) < 4.78 is 48.7. The van der Waals surface area contributed by atoms with E-state index in [4.69, 9.17) is 19.6 Å². The van der Waals surface area contributed by atoms with Gasteiger partial charge in [-0.05, 0) is 0 Å². The first-order chi connectivity index (χ1) is 11.9. The first kappa shape index (κ1) is 25.7. The Labute approximate surface area is 159 Å². The first-order valence-electron chi connectivity index (χ1n) is 9.66. The summed E-state index contributed by atoms with van der Waals surface area (Å²) in [5.74, 6) is 0. The molecule has 0 spiro atoms. The summed E-state index contributed by atoms with van der Waals surface area (Å²) in [7, 11) is -3.64. The standard InChI is InChI=1S/C12H27O4Si.C4H9O.2H2O.Ti/c1-4-7-10-14-17(13,15-11-8-5-2)16-12-9-6-3;1-2-3-4-5;;;/h4-12H2,1-3H3;2-4H2,1H3;2*1H2;/q2*-1;;;+4/p-2. The van der Waals surface area contributed by atoms with Crippen molar-refractivity contribution in [2.24, 2.45) is 0 Å². The van der Waals surface area contributed by atoms with Crippen LogP contribution < -0.4 is 0 Å². The van der Waals surface area contributed by atoms with Gasteiger partial charge in [0.15, 0.2) is 0 Å². The molecule has 0 radical (unpaired) electrons. The molecule has 0 aliphatic heterocycles. The average Bonchev–Trinajstić information content (AvgIpc) is 2.55. The van der Waals surface area contributed by atoms with Gasteiger partial charge in [0.2, 0.25) is 0 Å². The Morgan fingerprint density at radius 1 is 0.640 bits per heavy atom. The number of unbranched alkanes of at least 4 members (excludes halogenated alkanes) is 4. The summed E-state index contributed by atoms with van der Waals surface area (Å²) in [5, 5.41) is 0. The van der Waals surface area contributed by atoms with Crippen molar-refractivity contribution in [1.29, 1.82) is 0 Å². The van der Waals surface area contributed by atoms with Crippen LogP contribution in [0.25, 0.3) is 0 Å². The van der Waals surface area contributed by atoms with Crippen LogP contribution in [0, 0.1) is 0 Å². The molecule has 0 aliphatic rings. The van der Waals surface area contributed by atoms with Gasteiger partial charge in [-0.25, -0.2) is 0 Å². The molecule has 152 valence electrons. The van der Waals surface area contributed by atoms with Crippen molar-refractivity contribution in [1.82, 2.24) is 0 Å². The fraction of sp³-hybridized carbons (Fsp3) is 1.00. The molecule has 0 heterocycles. The van der Waals surface area contributed by atoms with Gasteiger partial charge in [-0.1, -0.05) is 0 Å². The third-order valence-electron chi connectivity index (χ3n) is 3.38. The zero-order valence-corrected chi connectivity index (χ0v) is 19.0. The van der Waals surface area contributed by atoms with Crippen LogP contribution >= 0.6 is 0 Å². The van der Waals surface area contributed by atoms with E-state index in [2.05, 4.69) is 20.8 Å². The molecular weight excluding hydrogens is 380 g/mol. The third kappa shape index (κ3) is 13.5. The van der Waals surface area contributed by atoms with Crippen LogP contribution in [-0.4, -0.2) is 42.9 Å². The molecule has 0 fully saturated rings. The summed E-state index contributed by atoms with van der Waals surface area (Å²) in [6.07, 6.45) is 6.94. The van der Waals surface area contributed by atoms with E-state index < -0.39 is 27.2 Å². The minimum atomic E-state index is -4.92. The molecule has 0 aromatic rings. The van der Waals surface area contributed by atoms with Crippen LogP contribution in [0.5, 0.6) is 0 Å². The van der Waals surface area contributed by atoms with E-state index in [1.165, 1.54) is 0 Å². The molecule has 0 bridgehead atoms. The molecule has 0 unspecified atom stereocenters. The van der Waals surface area contributed by atoms with Crippen LogP contribution in [0.3, 0.4) is 0 Å². The molecule has 0 rings (SSSR count). The van der Waals surface area contributed by atoms with Gasteiger partial charge in [-0.2, -0.15) is 0 Å². The van der Waals surface area contributed by atoms with Gasteiger partial charge in [-0.15, -0.1) is 0 Å². The van der Waals surface area contributed by atoms with Gasteiger partial charge in [0.1, 0.15) is 0 Å². The molecular formula is C16H38O7SiTi. The molecule has 0 amide bonds. The second-order valence-corrected chi connectivity index (χ2v) is 11.1. The molecule has 7 nitrogen and oxygen atoms in total. The molecule has 0 saturated carbocycles. The van der Waals surface area contributed by atoms with E-state index in [0.29, 0.717) is 19.8 Å². The number of hydrogen-bond donors (Lipinski definition) is 2. The molecule has 0 aromatic carbocycles. The molecule has 25 heavy (non-hydrogen) atoms. The molecule has 0 saturated heterocycles. The summed E-state index contributed by atoms with van der Waals surface area (Å²) in [6.45, 7) is 9.60. The first-order valence-corrected chi connectivity index (χ1v) is 14.0. The van der Waals surface area contributed by atoms with E-state index in [0.717, 1.165) is 51.4 Å². The summed E-state index contributed by atoms with van der Waals surface area (Å²) in [5.41, 5.74) is 0. The Morgan fingerprint density at radius 3 is 1.36 bits per heavy atom. The van der Waals surface area contributed by atoms with Crippen molar-refractivity contribution < 1.29 is 45.1 Å². The monoisotopic (exact) mass is 418 g/mol. The fourth-order valence-corrected chi connectivity index (χ4v) is 7.04. The molecule has 0 aliphatic carbocycles. The summed E-state index contributed by atoms with van der Waals surface area (Å²) in [4.78, 5) is 0. The number of rotatable bonds is 18. The minimum absolute atomic E-state index is 0.243. The predicted octanol–water partition coefficient (Wildman–Crippen LogP) is 3.50. The molecule has 0 atom stereocenters. The van der Waals surface area contributed by atoms with Crippen molar-refractivity contribution in [2.75, 3.05) is 26.4 Å². The zero-order chi connectivity index (χ0) is 19.0. The summed E-state index contributed by atoms with van der Waals surface area (Å²) >= 11 is -4.92. The molecule has 9 heteroatoms. The Kier molecular flexibility index (Phi) is 16.1. The normalized spacial score (nSPS) is 12.7. The van der Waals surface area contributed by atoms with E-state index in [-0.39, 0.29) is 6.61 Å². The third-order valence-corrected chi connectivity index (χ3v) is 8.89. The van der Waals surface area contributed by atoms with E-state index in [1.807, 2.05) is 6.92 Å². The van der Waals surface area contributed by atoms with E-state index in [1.54, 1.807) is 0 Å². The molecule has 0 aromatic heterocycles. The quantitative estimate of drug-likeness (QED) is 0.260.